The number of ether oxygens (including phenoxy) is 2. The predicted octanol–water partition coefficient (Wildman–Crippen LogP) is 5.39. The highest BCUT2D eigenvalue weighted by atomic mass is 28.5. The lowest BCUT2D eigenvalue weighted by molar-refractivity contribution is -0.139. The first-order valence-corrected chi connectivity index (χ1v) is 19.1. The summed E-state index contributed by atoms with van der Waals surface area (Å²) in [5.41, 5.74) is 0.0637. The van der Waals surface area contributed by atoms with Gasteiger partial charge in [-0.25, -0.2) is 4.79 Å². The second-order valence-electron chi connectivity index (χ2n) is 8.63. The van der Waals surface area contributed by atoms with Gasteiger partial charge in [-0.1, -0.05) is 39.7 Å². The standard InChI is InChI=1S/C19H42O5Si3/c1-10-13-14-17-27(9,24-26(7,8)23-25(4,5)6)19(12-3)22-16-15-21-18(20)11-2/h11,19H,2,10,12-17H2,1,3-9H3. The second kappa shape index (κ2) is 12.3. The summed E-state index contributed by atoms with van der Waals surface area (Å²) >= 11 is 0. The first-order valence-electron chi connectivity index (χ1n) is 10.2. The van der Waals surface area contributed by atoms with Crippen LogP contribution in [-0.2, 0) is 22.5 Å². The maximum Gasteiger partial charge on any atom is 0.330 e. The molecule has 0 saturated carbocycles. The average molecular weight is 435 g/mol. The van der Waals surface area contributed by atoms with Crippen LogP contribution in [0.15, 0.2) is 12.7 Å². The van der Waals surface area contributed by atoms with E-state index in [2.05, 4.69) is 59.7 Å². The number of carbonyl (C=O) groups excluding carboxylic acids is 1. The Hall–Kier alpha value is -0.259. The molecule has 0 aromatic heterocycles. The predicted molar refractivity (Wildman–Crippen MR) is 120 cm³/mol. The lowest BCUT2D eigenvalue weighted by Gasteiger charge is -2.42. The van der Waals surface area contributed by atoms with E-state index in [9.17, 15) is 4.79 Å². The molecule has 27 heavy (non-hydrogen) atoms. The van der Waals surface area contributed by atoms with E-state index in [1.54, 1.807) is 0 Å². The van der Waals surface area contributed by atoms with Crippen LogP contribution in [0.2, 0.25) is 45.3 Å². The van der Waals surface area contributed by atoms with Gasteiger partial charge in [-0.2, -0.15) is 0 Å². The fourth-order valence-electron chi connectivity index (χ4n) is 3.44. The van der Waals surface area contributed by atoms with E-state index in [-0.39, 0.29) is 12.3 Å². The summed E-state index contributed by atoms with van der Waals surface area (Å²) in [6.45, 7) is 21.6. The minimum Gasteiger partial charge on any atom is -0.460 e. The molecule has 5 nitrogen and oxygen atoms in total. The summed E-state index contributed by atoms with van der Waals surface area (Å²) in [5, 5.41) is 0. The van der Waals surface area contributed by atoms with Crippen molar-refractivity contribution in [1.29, 1.82) is 0 Å². The molecule has 0 saturated heterocycles. The van der Waals surface area contributed by atoms with Crippen LogP contribution in [0.4, 0.5) is 0 Å². The summed E-state index contributed by atoms with van der Waals surface area (Å²) in [6, 6.07) is 1.07. The largest absolute Gasteiger partial charge is 0.460 e. The van der Waals surface area contributed by atoms with Crippen molar-refractivity contribution in [1.82, 2.24) is 0 Å². The molecule has 0 heterocycles. The number of carbonyl (C=O) groups is 1. The first kappa shape index (κ1) is 26.7. The summed E-state index contributed by atoms with van der Waals surface area (Å²) in [6.07, 6.45) is 5.61. The molecule has 160 valence electrons. The fraction of sp³-hybridized carbons (Fsp3) is 0.842. The van der Waals surface area contributed by atoms with Gasteiger partial charge in [0.25, 0.3) is 0 Å². The number of unbranched alkanes of at least 4 members (excludes halogenated alkanes) is 2. The zero-order valence-corrected chi connectivity index (χ0v) is 21.9. The average Bonchev–Trinajstić information content (AvgIpc) is 2.51. The molecule has 0 aliphatic heterocycles. The molecule has 2 unspecified atom stereocenters. The van der Waals surface area contributed by atoms with Crippen LogP contribution in [0.5, 0.6) is 0 Å². The summed E-state index contributed by atoms with van der Waals surface area (Å²) in [7, 11) is -6.07. The molecule has 0 N–H and O–H groups in total. The van der Waals surface area contributed by atoms with Gasteiger partial charge in [0.2, 0.25) is 8.32 Å². The van der Waals surface area contributed by atoms with E-state index in [1.807, 2.05) is 0 Å². The van der Waals surface area contributed by atoms with Crippen LogP contribution in [0.25, 0.3) is 0 Å². The van der Waals surface area contributed by atoms with E-state index >= 15 is 0 Å². The zero-order chi connectivity index (χ0) is 21.1. The highest BCUT2D eigenvalue weighted by Crippen LogP contribution is 2.30. The van der Waals surface area contributed by atoms with E-state index in [1.165, 1.54) is 18.9 Å². The quantitative estimate of drug-likeness (QED) is 0.150. The van der Waals surface area contributed by atoms with Crippen molar-refractivity contribution >= 4 is 31.2 Å². The van der Waals surface area contributed by atoms with Crippen LogP contribution in [0.1, 0.15) is 39.5 Å². The third kappa shape index (κ3) is 12.0. The Bertz CT molecular complexity index is 451. The van der Waals surface area contributed by atoms with Crippen LogP contribution in [0.3, 0.4) is 0 Å². The van der Waals surface area contributed by atoms with Gasteiger partial charge in [0.15, 0.2) is 8.32 Å². The first-order chi connectivity index (χ1) is 12.4. The Morgan fingerprint density at radius 1 is 1.00 bits per heavy atom. The Morgan fingerprint density at radius 3 is 2.11 bits per heavy atom. The van der Waals surface area contributed by atoms with Crippen LogP contribution in [-0.4, -0.2) is 50.1 Å². The van der Waals surface area contributed by atoms with Crippen molar-refractivity contribution in [3.8, 4) is 0 Å². The van der Waals surface area contributed by atoms with Crippen molar-refractivity contribution in [3.63, 3.8) is 0 Å². The topological polar surface area (TPSA) is 54.0 Å². The van der Waals surface area contributed by atoms with Gasteiger partial charge in [-0.15, -0.1) is 0 Å². The van der Waals surface area contributed by atoms with E-state index in [0.717, 1.165) is 18.9 Å². The van der Waals surface area contributed by atoms with Crippen LogP contribution < -0.4 is 0 Å². The van der Waals surface area contributed by atoms with Crippen molar-refractivity contribution in [2.45, 2.75) is 90.6 Å². The van der Waals surface area contributed by atoms with Crippen LogP contribution in [0, 0.1) is 0 Å². The summed E-state index contributed by atoms with van der Waals surface area (Å²) in [4.78, 5) is 11.2. The molecule has 0 aromatic carbocycles. The van der Waals surface area contributed by atoms with Gasteiger partial charge in [-0.05, 0) is 51.7 Å². The maximum absolute atomic E-state index is 11.2. The highest BCUT2D eigenvalue weighted by Gasteiger charge is 2.45. The molecule has 0 amide bonds. The minimum absolute atomic E-state index is 0.0637. The second-order valence-corrected chi connectivity index (χ2v) is 21.1. The number of rotatable bonds is 15. The van der Waals surface area contributed by atoms with Crippen molar-refractivity contribution in [3.05, 3.63) is 12.7 Å². The monoisotopic (exact) mass is 434 g/mol. The van der Waals surface area contributed by atoms with Crippen molar-refractivity contribution in [2.75, 3.05) is 13.2 Å². The Kier molecular flexibility index (Phi) is 12.2. The Labute approximate surface area is 170 Å². The molecular formula is C19H42O5Si3. The molecule has 0 aliphatic rings. The highest BCUT2D eigenvalue weighted by molar-refractivity contribution is 6.88. The third-order valence-corrected chi connectivity index (χ3v) is 15.7. The van der Waals surface area contributed by atoms with Crippen molar-refractivity contribution < 1.29 is 22.5 Å². The zero-order valence-electron chi connectivity index (χ0n) is 18.9. The smallest absolute Gasteiger partial charge is 0.330 e. The maximum atomic E-state index is 11.2. The van der Waals surface area contributed by atoms with E-state index in [0.29, 0.717) is 6.61 Å². The normalized spacial score (nSPS) is 15.9. The van der Waals surface area contributed by atoms with Gasteiger partial charge >= 0.3 is 14.5 Å². The van der Waals surface area contributed by atoms with Gasteiger partial charge in [0, 0.05) is 6.08 Å². The molecule has 0 radical (unpaired) electrons. The van der Waals surface area contributed by atoms with E-state index < -0.39 is 31.2 Å². The summed E-state index contributed by atoms with van der Waals surface area (Å²) in [5.74, 6) is -0.414. The molecule has 2 atom stereocenters. The lowest BCUT2D eigenvalue weighted by atomic mass is 10.3. The minimum atomic E-state index is -2.24. The van der Waals surface area contributed by atoms with Gasteiger partial charge in [0.05, 0.1) is 12.3 Å². The van der Waals surface area contributed by atoms with Gasteiger partial charge < -0.3 is 17.7 Å². The SMILES string of the molecule is C=CC(=O)OCCOC(CC)[Si](C)(CCCCC)O[Si](C)(C)O[Si](C)(C)C. The molecule has 0 bridgehead atoms. The van der Waals surface area contributed by atoms with E-state index in [4.69, 9.17) is 17.7 Å². The number of esters is 1. The number of hydrogen-bond acceptors (Lipinski definition) is 5. The molecule has 8 heteroatoms. The van der Waals surface area contributed by atoms with Crippen molar-refractivity contribution in [2.24, 2.45) is 0 Å². The molecule has 0 aromatic rings. The fourth-order valence-corrected chi connectivity index (χ4v) is 17.9. The molecule has 0 rings (SSSR count). The van der Waals surface area contributed by atoms with Gasteiger partial charge in [0.1, 0.15) is 6.61 Å². The number of hydrogen-bond donors (Lipinski definition) is 0. The lowest BCUT2D eigenvalue weighted by Crippen LogP contribution is -2.58. The Balaban J connectivity index is 5.12. The van der Waals surface area contributed by atoms with Crippen LogP contribution >= 0.6 is 0 Å². The molecule has 0 spiro atoms. The third-order valence-electron chi connectivity index (χ3n) is 4.17. The molecule has 0 aliphatic carbocycles. The molecule has 0 fully saturated rings. The van der Waals surface area contributed by atoms with Gasteiger partial charge in [-0.3, -0.25) is 0 Å². The molecular weight excluding hydrogens is 392 g/mol. The Morgan fingerprint density at radius 2 is 1.63 bits per heavy atom. The summed E-state index contributed by atoms with van der Waals surface area (Å²) < 4.78 is 24.5.